The van der Waals surface area contributed by atoms with E-state index >= 15 is 0 Å². The molecule has 2 aromatic heterocycles. The molecule has 0 fully saturated rings. The summed E-state index contributed by atoms with van der Waals surface area (Å²) < 4.78 is 7.47. The molecule has 4 nitrogen and oxygen atoms in total. The van der Waals surface area contributed by atoms with Crippen molar-refractivity contribution in [3.63, 3.8) is 0 Å². The van der Waals surface area contributed by atoms with E-state index in [0.29, 0.717) is 23.3 Å². The minimum Gasteiger partial charge on any atom is -0.485 e. The Kier molecular flexibility index (Phi) is 4.32. The molecular formula is C13H15Cl2N3O. The Morgan fingerprint density at radius 3 is 2.63 bits per heavy atom. The van der Waals surface area contributed by atoms with E-state index in [1.165, 1.54) is 0 Å². The van der Waals surface area contributed by atoms with Crippen molar-refractivity contribution in [2.75, 3.05) is 0 Å². The van der Waals surface area contributed by atoms with Crippen LogP contribution in [0.2, 0.25) is 5.02 Å². The normalized spacial score (nSPS) is 10.8. The highest BCUT2D eigenvalue weighted by atomic mass is 35.5. The first-order chi connectivity index (χ1) is 9.02. The van der Waals surface area contributed by atoms with Gasteiger partial charge < -0.3 is 4.74 Å². The molecule has 0 atom stereocenters. The molecule has 0 aliphatic carbocycles. The molecule has 0 bridgehead atoms. The quantitative estimate of drug-likeness (QED) is 0.812. The maximum atomic E-state index is 6.17. The van der Waals surface area contributed by atoms with Gasteiger partial charge in [0.15, 0.2) is 0 Å². The van der Waals surface area contributed by atoms with E-state index < -0.39 is 0 Å². The first-order valence-electron chi connectivity index (χ1n) is 5.86. The number of alkyl halides is 1. The van der Waals surface area contributed by atoms with E-state index in [0.717, 1.165) is 22.8 Å². The van der Waals surface area contributed by atoms with Crippen LogP contribution in [0.1, 0.15) is 22.8 Å². The van der Waals surface area contributed by atoms with E-state index in [1.807, 2.05) is 33.0 Å². The van der Waals surface area contributed by atoms with E-state index in [1.54, 1.807) is 4.68 Å². The van der Waals surface area contributed by atoms with Gasteiger partial charge >= 0.3 is 0 Å². The van der Waals surface area contributed by atoms with Crippen LogP contribution < -0.4 is 4.74 Å². The lowest BCUT2D eigenvalue weighted by Gasteiger charge is -2.10. The molecule has 102 valence electrons. The van der Waals surface area contributed by atoms with E-state index in [9.17, 15) is 0 Å². The molecule has 0 aliphatic heterocycles. The van der Waals surface area contributed by atoms with Crippen LogP contribution in [0.4, 0.5) is 0 Å². The second-order valence-corrected chi connectivity index (χ2v) is 4.93. The maximum absolute atomic E-state index is 6.17. The number of hydrogen-bond donors (Lipinski definition) is 0. The number of aryl methyl sites for hydroxylation is 3. The molecule has 6 heteroatoms. The highest BCUT2D eigenvalue weighted by Crippen LogP contribution is 2.24. The Hall–Kier alpha value is -1.26. The zero-order valence-electron chi connectivity index (χ0n) is 11.1. The van der Waals surface area contributed by atoms with Crippen molar-refractivity contribution >= 4 is 23.2 Å². The van der Waals surface area contributed by atoms with Gasteiger partial charge in [0.1, 0.15) is 12.4 Å². The van der Waals surface area contributed by atoms with Crippen LogP contribution in [0, 0.1) is 13.8 Å². The average Bonchev–Trinajstić information content (AvgIpc) is 2.62. The van der Waals surface area contributed by atoms with Gasteiger partial charge in [-0.15, -0.1) is 11.6 Å². The molecule has 0 N–H and O–H groups in total. The van der Waals surface area contributed by atoms with Gasteiger partial charge in [-0.1, -0.05) is 11.6 Å². The summed E-state index contributed by atoms with van der Waals surface area (Å²) in [6, 6.07) is 3.76. The predicted octanol–water partition coefficient (Wildman–Crippen LogP) is 3.40. The third-order valence-electron chi connectivity index (χ3n) is 2.82. The molecule has 0 radical (unpaired) electrons. The second kappa shape index (κ2) is 5.80. The molecule has 0 aliphatic rings. The summed E-state index contributed by atoms with van der Waals surface area (Å²) in [6.45, 7) is 4.12. The molecule has 0 saturated carbocycles. The average molecular weight is 300 g/mol. The Morgan fingerprint density at radius 2 is 2.05 bits per heavy atom. The second-order valence-electron chi connectivity index (χ2n) is 4.29. The van der Waals surface area contributed by atoms with Gasteiger partial charge in [0.2, 0.25) is 0 Å². The monoisotopic (exact) mass is 299 g/mol. The van der Waals surface area contributed by atoms with Crippen molar-refractivity contribution in [1.82, 2.24) is 14.8 Å². The third-order valence-corrected chi connectivity index (χ3v) is 3.57. The number of aromatic nitrogens is 3. The lowest BCUT2D eigenvalue weighted by atomic mass is 10.3. The topological polar surface area (TPSA) is 39.9 Å². The summed E-state index contributed by atoms with van der Waals surface area (Å²) in [6.07, 6.45) is 0. The molecule has 0 saturated heterocycles. The Balaban J connectivity index is 2.19. The predicted molar refractivity (Wildman–Crippen MR) is 75.8 cm³/mol. The van der Waals surface area contributed by atoms with Crippen molar-refractivity contribution in [1.29, 1.82) is 0 Å². The molecule has 0 aromatic carbocycles. The summed E-state index contributed by atoms with van der Waals surface area (Å²) in [5, 5.41) is 4.88. The fourth-order valence-electron chi connectivity index (χ4n) is 1.81. The van der Waals surface area contributed by atoms with Gasteiger partial charge in [0.05, 0.1) is 28.0 Å². The maximum Gasteiger partial charge on any atom is 0.142 e. The fourth-order valence-corrected chi connectivity index (χ4v) is 2.21. The zero-order chi connectivity index (χ0) is 14.0. The lowest BCUT2D eigenvalue weighted by molar-refractivity contribution is 0.291. The van der Waals surface area contributed by atoms with Crippen molar-refractivity contribution in [3.8, 4) is 5.75 Å². The summed E-state index contributed by atoms with van der Waals surface area (Å²) in [4.78, 5) is 4.34. The smallest absolute Gasteiger partial charge is 0.142 e. The standard InChI is InChI=1S/C13H15Cl2N3O/c1-8-4-5-12(10(6-14)16-8)19-7-11-13(15)9(2)17-18(11)3/h4-5H,6-7H2,1-3H3. The summed E-state index contributed by atoms with van der Waals surface area (Å²) in [5.41, 5.74) is 3.27. The Morgan fingerprint density at radius 1 is 1.32 bits per heavy atom. The van der Waals surface area contributed by atoms with Crippen LogP contribution in [0.25, 0.3) is 0 Å². The number of pyridine rings is 1. The van der Waals surface area contributed by atoms with Crippen LogP contribution >= 0.6 is 23.2 Å². The van der Waals surface area contributed by atoms with Crippen molar-refractivity contribution in [2.24, 2.45) is 7.05 Å². The number of hydrogen-bond acceptors (Lipinski definition) is 3. The first-order valence-corrected chi connectivity index (χ1v) is 6.77. The molecule has 0 unspecified atom stereocenters. The SMILES string of the molecule is Cc1ccc(OCc2c(Cl)c(C)nn2C)c(CCl)n1. The van der Waals surface area contributed by atoms with Crippen LogP contribution in [0.5, 0.6) is 5.75 Å². The number of nitrogens with zero attached hydrogens (tertiary/aromatic N) is 3. The van der Waals surface area contributed by atoms with E-state index in [4.69, 9.17) is 27.9 Å². The summed E-state index contributed by atoms with van der Waals surface area (Å²) >= 11 is 12.0. The molecule has 2 rings (SSSR count). The van der Waals surface area contributed by atoms with Gasteiger partial charge in [-0.05, 0) is 26.0 Å². The Bertz CT molecular complexity index is 596. The minimum absolute atomic E-state index is 0.315. The van der Waals surface area contributed by atoms with Gasteiger partial charge in [-0.3, -0.25) is 9.67 Å². The van der Waals surface area contributed by atoms with Gasteiger partial charge in [-0.2, -0.15) is 5.10 Å². The summed E-state index contributed by atoms with van der Waals surface area (Å²) in [7, 11) is 1.84. The Labute approximate surface area is 122 Å². The van der Waals surface area contributed by atoms with Gasteiger partial charge in [0.25, 0.3) is 0 Å². The largest absolute Gasteiger partial charge is 0.485 e. The van der Waals surface area contributed by atoms with E-state index in [2.05, 4.69) is 10.1 Å². The number of ether oxygens (including phenoxy) is 1. The molecular weight excluding hydrogens is 285 g/mol. The molecule has 19 heavy (non-hydrogen) atoms. The van der Waals surface area contributed by atoms with Crippen molar-refractivity contribution < 1.29 is 4.74 Å². The molecule has 0 spiro atoms. The van der Waals surface area contributed by atoms with Gasteiger partial charge in [-0.25, -0.2) is 0 Å². The molecule has 2 aromatic rings. The van der Waals surface area contributed by atoms with Crippen LogP contribution in [0.3, 0.4) is 0 Å². The molecule has 2 heterocycles. The first kappa shape index (κ1) is 14.2. The third kappa shape index (κ3) is 3.01. The molecule has 0 amide bonds. The van der Waals surface area contributed by atoms with Crippen LogP contribution in [-0.2, 0) is 19.5 Å². The summed E-state index contributed by atoms with van der Waals surface area (Å²) in [5.74, 6) is 0.991. The fraction of sp³-hybridized carbons (Fsp3) is 0.385. The van der Waals surface area contributed by atoms with Crippen molar-refractivity contribution in [2.45, 2.75) is 26.3 Å². The van der Waals surface area contributed by atoms with E-state index in [-0.39, 0.29) is 0 Å². The minimum atomic E-state index is 0.315. The lowest BCUT2D eigenvalue weighted by Crippen LogP contribution is -2.05. The van der Waals surface area contributed by atoms with Crippen molar-refractivity contribution in [3.05, 3.63) is 39.9 Å². The highest BCUT2D eigenvalue weighted by Gasteiger charge is 2.13. The number of rotatable bonds is 4. The zero-order valence-corrected chi connectivity index (χ0v) is 12.6. The van der Waals surface area contributed by atoms with Crippen LogP contribution in [0.15, 0.2) is 12.1 Å². The van der Waals surface area contributed by atoms with Gasteiger partial charge in [0, 0.05) is 12.7 Å². The highest BCUT2D eigenvalue weighted by molar-refractivity contribution is 6.31. The number of halogens is 2. The van der Waals surface area contributed by atoms with Crippen LogP contribution in [-0.4, -0.2) is 14.8 Å².